The van der Waals surface area contributed by atoms with Gasteiger partial charge in [-0.2, -0.15) is 0 Å². The third-order valence-corrected chi connectivity index (χ3v) is 4.91. The lowest BCUT2D eigenvalue weighted by atomic mass is 9.88. The zero-order chi connectivity index (χ0) is 12.6. The van der Waals surface area contributed by atoms with E-state index in [0.717, 1.165) is 17.7 Å². The standard InChI is InChI=1S/C13H17F2NS/c1-13(2)6-5-11(12(13)16)17-8-3-4-9(14)10(15)7-8/h3-4,7,11-12H,5-6,16H2,1-2H3. The molecule has 4 heteroatoms. The van der Waals surface area contributed by atoms with Crippen molar-refractivity contribution < 1.29 is 8.78 Å². The monoisotopic (exact) mass is 257 g/mol. The molecule has 1 aromatic rings. The van der Waals surface area contributed by atoms with Crippen LogP contribution in [0.1, 0.15) is 26.7 Å². The number of halogens is 2. The summed E-state index contributed by atoms with van der Waals surface area (Å²) in [5.74, 6) is -1.59. The fourth-order valence-corrected chi connectivity index (χ4v) is 3.64. The smallest absolute Gasteiger partial charge is 0.159 e. The quantitative estimate of drug-likeness (QED) is 0.876. The molecule has 0 spiro atoms. The van der Waals surface area contributed by atoms with Crippen molar-refractivity contribution >= 4 is 11.8 Å². The van der Waals surface area contributed by atoms with Gasteiger partial charge in [0.05, 0.1) is 0 Å². The van der Waals surface area contributed by atoms with Gasteiger partial charge in [-0.3, -0.25) is 0 Å². The van der Waals surface area contributed by atoms with Crippen LogP contribution in [-0.4, -0.2) is 11.3 Å². The van der Waals surface area contributed by atoms with E-state index in [1.807, 2.05) is 0 Å². The number of benzene rings is 1. The second kappa shape index (κ2) is 4.58. The van der Waals surface area contributed by atoms with Gasteiger partial charge in [0.15, 0.2) is 11.6 Å². The molecule has 0 radical (unpaired) electrons. The van der Waals surface area contributed by atoms with Crippen molar-refractivity contribution in [2.75, 3.05) is 0 Å². The van der Waals surface area contributed by atoms with Crippen molar-refractivity contribution in [3.63, 3.8) is 0 Å². The number of hydrogen-bond acceptors (Lipinski definition) is 2. The second-order valence-corrected chi connectivity index (χ2v) is 6.60. The van der Waals surface area contributed by atoms with Gasteiger partial charge in [0.25, 0.3) is 0 Å². The summed E-state index contributed by atoms with van der Waals surface area (Å²) < 4.78 is 25.9. The lowest BCUT2D eigenvalue weighted by Crippen LogP contribution is -2.38. The Kier molecular flexibility index (Phi) is 3.46. The first-order valence-corrected chi connectivity index (χ1v) is 6.65. The minimum atomic E-state index is -0.801. The molecule has 1 aliphatic rings. The van der Waals surface area contributed by atoms with Crippen molar-refractivity contribution in [1.29, 1.82) is 0 Å². The molecule has 0 saturated heterocycles. The molecule has 0 heterocycles. The van der Waals surface area contributed by atoms with Crippen LogP contribution < -0.4 is 5.73 Å². The number of nitrogens with two attached hydrogens (primary N) is 1. The van der Waals surface area contributed by atoms with E-state index in [1.54, 1.807) is 17.8 Å². The first kappa shape index (κ1) is 12.8. The summed E-state index contributed by atoms with van der Waals surface area (Å²) in [6.45, 7) is 4.31. The maximum absolute atomic E-state index is 13.1. The zero-order valence-corrected chi connectivity index (χ0v) is 10.9. The summed E-state index contributed by atoms with van der Waals surface area (Å²) in [4.78, 5) is 0.752. The van der Waals surface area contributed by atoms with Gasteiger partial charge < -0.3 is 5.73 Å². The molecule has 2 N–H and O–H groups in total. The van der Waals surface area contributed by atoms with Crippen LogP contribution in [0.25, 0.3) is 0 Å². The Bertz CT molecular complexity index is 420. The minimum Gasteiger partial charge on any atom is -0.326 e. The fraction of sp³-hybridized carbons (Fsp3) is 0.538. The van der Waals surface area contributed by atoms with Gasteiger partial charge in [-0.05, 0) is 36.5 Å². The largest absolute Gasteiger partial charge is 0.326 e. The predicted octanol–water partition coefficient (Wildman–Crippen LogP) is 3.57. The summed E-state index contributed by atoms with van der Waals surface area (Å²) in [5, 5.41) is 0.287. The highest BCUT2D eigenvalue weighted by Crippen LogP contribution is 2.43. The summed E-state index contributed by atoms with van der Waals surface area (Å²) in [6, 6.07) is 4.13. The molecule has 2 unspecified atom stereocenters. The lowest BCUT2D eigenvalue weighted by Gasteiger charge is -2.26. The molecule has 2 atom stereocenters. The highest BCUT2D eigenvalue weighted by atomic mass is 32.2. The van der Waals surface area contributed by atoms with E-state index in [9.17, 15) is 8.78 Å². The lowest BCUT2D eigenvalue weighted by molar-refractivity contribution is 0.334. The molecular formula is C13H17F2NS. The van der Waals surface area contributed by atoms with Crippen LogP contribution in [-0.2, 0) is 0 Å². The molecule has 1 saturated carbocycles. The molecule has 1 fully saturated rings. The van der Waals surface area contributed by atoms with E-state index in [0.29, 0.717) is 0 Å². The van der Waals surface area contributed by atoms with Crippen molar-refractivity contribution in [1.82, 2.24) is 0 Å². The van der Waals surface area contributed by atoms with E-state index < -0.39 is 11.6 Å². The van der Waals surface area contributed by atoms with E-state index in [4.69, 9.17) is 5.73 Å². The molecule has 17 heavy (non-hydrogen) atoms. The molecule has 0 aliphatic heterocycles. The Morgan fingerprint density at radius 1 is 1.29 bits per heavy atom. The first-order valence-electron chi connectivity index (χ1n) is 5.77. The molecule has 0 bridgehead atoms. The third kappa shape index (κ3) is 2.63. The van der Waals surface area contributed by atoms with Crippen LogP contribution >= 0.6 is 11.8 Å². The van der Waals surface area contributed by atoms with Gasteiger partial charge >= 0.3 is 0 Å². The average molecular weight is 257 g/mol. The van der Waals surface area contributed by atoms with Gasteiger partial charge in [0.2, 0.25) is 0 Å². The Hall–Kier alpha value is -0.610. The van der Waals surface area contributed by atoms with Gasteiger partial charge in [-0.15, -0.1) is 11.8 Å². The van der Waals surface area contributed by atoms with Gasteiger partial charge in [-0.25, -0.2) is 8.78 Å². The minimum absolute atomic E-state index is 0.0978. The Morgan fingerprint density at radius 3 is 2.53 bits per heavy atom. The number of thioether (sulfide) groups is 1. The average Bonchev–Trinajstić information content (AvgIpc) is 2.51. The van der Waals surface area contributed by atoms with Crippen molar-refractivity contribution in [3.05, 3.63) is 29.8 Å². The second-order valence-electron chi connectivity index (χ2n) is 5.29. The van der Waals surface area contributed by atoms with E-state index in [2.05, 4.69) is 13.8 Å². The molecule has 1 aliphatic carbocycles. The molecular weight excluding hydrogens is 240 g/mol. The van der Waals surface area contributed by atoms with Crippen LogP contribution in [0.2, 0.25) is 0 Å². The summed E-state index contributed by atoms with van der Waals surface area (Å²) in [6.07, 6.45) is 2.10. The summed E-state index contributed by atoms with van der Waals surface area (Å²) in [5.41, 5.74) is 6.32. The van der Waals surface area contributed by atoms with Crippen LogP contribution in [0.4, 0.5) is 8.78 Å². The van der Waals surface area contributed by atoms with E-state index in [-0.39, 0.29) is 16.7 Å². The van der Waals surface area contributed by atoms with Gasteiger partial charge in [0, 0.05) is 16.2 Å². The Morgan fingerprint density at radius 2 is 2.00 bits per heavy atom. The maximum Gasteiger partial charge on any atom is 0.159 e. The zero-order valence-electron chi connectivity index (χ0n) is 10.0. The SMILES string of the molecule is CC1(C)CCC(Sc2ccc(F)c(F)c2)C1N. The molecule has 2 rings (SSSR count). The summed E-state index contributed by atoms with van der Waals surface area (Å²) >= 11 is 1.55. The number of rotatable bonds is 2. The van der Waals surface area contributed by atoms with Gasteiger partial charge in [-0.1, -0.05) is 13.8 Å². The molecule has 0 aromatic heterocycles. The van der Waals surface area contributed by atoms with Crippen molar-refractivity contribution in [3.8, 4) is 0 Å². The van der Waals surface area contributed by atoms with Crippen LogP contribution in [0.15, 0.2) is 23.1 Å². The van der Waals surface area contributed by atoms with Crippen molar-refractivity contribution in [2.24, 2.45) is 11.1 Å². The topological polar surface area (TPSA) is 26.0 Å². The Labute approximate surface area is 105 Å². The first-order chi connectivity index (χ1) is 7.90. The Balaban J connectivity index is 2.09. The maximum atomic E-state index is 13.1. The van der Waals surface area contributed by atoms with E-state index >= 15 is 0 Å². The molecule has 0 amide bonds. The molecule has 94 valence electrons. The number of hydrogen-bond donors (Lipinski definition) is 1. The summed E-state index contributed by atoms with van der Waals surface area (Å²) in [7, 11) is 0. The van der Waals surface area contributed by atoms with Crippen LogP contribution in [0.3, 0.4) is 0 Å². The normalized spacial score (nSPS) is 27.4. The third-order valence-electron chi connectivity index (χ3n) is 3.55. The molecule has 1 aromatic carbocycles. The fourth-order valence-electron chi connectivity index (χ4n) is 2.22. The van der Waals surface area contributed by atoms with Crippen LogP contribution in [0, 0.1) is 17.0 Å². The van der Waals surface area contributed by atoms with Gasteiger partial charge in [0.1, 0.15) is 0 Å². The highest BCUT2D eigenvalue weighted by molar-refractivity contribution is 8.00. The van der Waals surface area contributed by atoms with E-state index in [1.165, 1.54) is 12.1 Å². The van der Waals surface area contributed by atoms with Crippen molar-refractivity contribution in [2.45, 2.75) is 42.9 Å². The highest BCUT2D eigenvalue weighted by Gasteiger charge is 2.39. The molecule has 1 nitrogen and oxygen atoms in total. The van der Waals surface area contributed by atoms with Crippen LogP contribution in [0.5, 0.6) is 0 Å². The predicted molar refractivity (Wildman–Crippen MR) is 67.0 cm³/mol.